The molecular formula is C29H38N2O4S. The number of aliphatic hydroxyl groups is 1. The summed E-state index contributed by atoms with van der Waals surface area (Å²) in [7, 11) is 0. The second kappa shape index (κ2) is 11.7. The zero-order valence-electron chi connectivity index (χ0n) is 21.5. The van der Waals surface area contributed by atoms with E-state index in [1.807, 2.05) is 32.0 Å². The van der Waals surface area contributed by atoms with E-state index in [9.17, 15) is 14.7 Å². The minimum absolute atomic E-state index is 0.0765. The lowest BCUT2D eigenvalue weighted by Crippen LogP contribution is -2.27. The van der Waals surface area contributed by atoms with E-state index in [-0.39, 0.29) is 30.5 Å². The molecule has 2 N–H and O–H groups in total. The van der Waals surface area contributed by atoms with Crippen LogP contribution >= 0.6 is 11.3 Å². The van der Waals surface area contributed by atoms with Gasteiger partial charge in [-0.15, -0.1) is 11.3 Å². The third-order valence-electron chi connectivity index (χ3n) is 7.54. The minimum Gasteiger partial charge on any atom is -0.481 e. The molecule has 0 spiro atoms. The average Bonchev–Trinajstić information content (AvgIpc) is 3.45. The van der Waals surface area contributed by atoms with Gasteiger partial charge in [0.05, 0.1) is 23.6 Å². The fraction of sp³-hybridized carbons (Fsp3) is 0.552. The Bertz CT molecular complexity index is 1180. The van der Waals surface area contributed by atoms with Crippen LogP contribution in [0.4, 0.5) is 0 Å². The lowest BCUT2D eigenvalue weighted by atomic mass is 9.85. The molecule has 0 aliphatic heterocycles. The van der Waals surface area contributed by atoms with E-state index in [1.54, 1.807) is 11.3 Å². The SMILES string of the molecule is CC(C)C[C@H](CC(=O)c1ccc2c(c1)nc(Cc1cccs1)n2[C@@H]1CCCC[C@H]1C)[C@@H](O)CC(=O)O. The normalized spacial score (nSPS) is 20.0. The number of hydrogen-bond donors (Lipinski definition) is 2. The van der Waals surface area contributed by atoms with E-state index < -0.39 is 12.1 Å². The summed E-state index contributed by atoms with van der Waals surface area (Å²) in [4.78, 5) is 30.7. The lowest BCUT2D eigenvalue weighted by Gasteiger charge is -2.31. The molecule has 2 heterocycles. The Balaban J connectivity index is 1.65. The molecular weight excluding hydrogens is 472 g/mol. The van der Waals surface area contributed by atoms with Crippen molar-refractivity contribution in [1.29, 1.82) is 0 Å². The van der Waals surface area contributed by atoms with Crippen LogP contribution in [0.15, 0.2) is 35.7 Å². The second-order valence-electron chi connectivity index (χ2n) is 10.9. The molecule has 4 rings (SSSR count). The van der Waals surface area contributed by atoms with E-state index in [0.717, 1.165) is 29.7 Å². The smallest absolute Gasteiger partial charge is 0.305 e. The molecule has 4 atom stereocenters. The Hall–Kier alpha value is -2.51. The van der Waals surface area contributed by atoms with Crippen LogP contribution in [-0.4, -0.2) is 37.6 Å². The zero-order valence-corrected chi connectivity index (χ0v) is 22.3. The van der Waals surface area contributed by atoms with E-state index in [4.69, 9.17) is 10.1 Å². The Kier molecular flexibility index (Phi) is 8.62. The van der Waals surface area contributed by atoms with Crippen LogP contribution in [0.2, 0.25) is 0 Å². The molecule has 1 aliphatic carbocycles. The van der Waals surface area contributed by atoms with Crippen molar-refractivity contribution in [2.75, 3.05) is 0 Å². The van der Waals surface area contributed by atoms with Gasteiger partial charge in [-0.2, -0.15) is 0 Å². The van der Waals surface area contributed by atoms with Crippen molar-refractivity contribution in [3.8, 4) is 0 Å². The standard InChI is InChI=1S/C29H38N2O4S/c1-18(2)13-21(27(33)17-29(34)35)15-26(32)20-10-11-25-23(14-20)30-28(16-22-8-6-12-36-22)31(25)24-9-5-4-7-19(24)3/h6,8,10-12,14,18-19,21,24,27,33H,4-5,7,9,13,15-17H2,1-3H3,(H,34,35)/t19-,21-,24-,27+/m1/s1. The third-order valence-corrected chi connectivity index (χ3v) is 8.42. The molecule has 1 fully saturated rings. The number of carbonyl (C=O) groups is 2. The number of ketones is 1. The Morgan fingerprint density at radius 1 is 1.17 bits per heavy atom. The number of Topliss-reactive ketones (excluding diaryl/α,β-unsaturated/α-hetero) is 1. The number of carboxylic acids is 1. The van der Waals surface area contributed by atoms with Gasteiger partial charge in [0.1, 0.15) is 5.82 Å². The first kappa shape index (κ1) is 26.6. The minimum atomic E-state index is -1.05. The van der Waals surface area contributed by atoms with Gasteiger partial charge in [0, 0.05) is 29.3 Å². The Morgan fingerprint density at radius 3 is 2.61 bits per heavy atom. The van der Waals surface area contributed by atoms with Gasteiger partial charge in [0.25, 0.3) is 0 Å². The lowest BCUT2D eigenvalue weighted by molar-refractivity contribution is -0.140. The first-order valence-electron chi connectivity index (χ1n) is 13.2. The average molecular weight is 511 g/mol. The monoisotopic (exact) mass is 510 g/mol. The Labute approximate surface area is 217 Å². The van der Waals surface area contributed by atoms with Crippen molar-refractivity contribution >= 4 is 34.1 Å². The van der Waals surface area contributed by atoms with Crippen molar-refractivity contribution in [3.05, 3.63) is 52.0 Å². The van der Waals surface area contributed by atoms with Crippen LogP contribution in [0.25, 0.3) is 11.0 Å². The number of benzene rings is 1. The van der Waals surface area contributed by atoms with Gasteiger partial charge in [-0.25, -0.2) is 4.98 Å². The van der Waals surface area contributed by atoms with E-state index in [0.29, 0.717) is 23.9 Å². The number of imidazole rings is 1. The van der Waals surface area contributed by atoms with E-state index in [1.165, 1.54) is 24.1 Å². The third kappa shape index (κ3) is 6.24. The maximum Gasteiger partial charge on any atom is 0.305 e. The van der Waals surface area contributed by atoms with Crippen LogP contribution in [0.1, 0.15) is 92.8 Å². The highest BCUT2D eigenvalue weighted by Crippen LogP contribution is 2.37. The van der Waals surface area contributed by atoms with Gasteiger partial charge in [-0.3, -0.25) is 9.59 Å². The van der Waals surface area contributed by atoms with Gasteiger partial charge in [-0.1, -0.05) is 39.7 Å². The maximum absolute atomic E-state index is 13.3. The van der Waals surface area contributed by atoms with Gasteiger partial charge in [0.2, 0.25) is 0 Å². The fourth-order valence-corrected chi connectivity index (χ4v) is 6.45. The summed E-state index contributed by atoms with van der Waals surface area (Å²) in [6.45, 7) is 6.37. The number of fused-ring (bicyclic) bond motifs is 1. The summed E-state index contributed by atoms with van der Waals surface area (Å²) in [5, 5.41) is 21.7. The number of carboxylic acid groups (broad SMARTS) is 1. The first-order valence-corrected chi connectivity index (χ1v) is 14.1. The number of aliphatic carboxylic acids is 1. The summed E-state index contributed by atoms with van der Waals surface area (Å²) < 4.78 is 2.42. The van der Waals surface area contributed by atoms with Crippen molar-refractivity contribution in [3.63, 3.8) is 0 Å². The number of hydrogen-bond acceptors (Lipinski definition) is 5. The number of nitrogens with zero attached hydrogens (tertiary/aromatic N) is 2. The van der Waals surface area contributed by atoms with Crippen molar-refractivity contribution in [1.82, 2.24) is 9.55 Å². The molecule has 0 radical (unpaired) electrons. The summed E-state index contributed by atoms with van der Waals surface area (Å²) in [5.74, 6) is 0.358. The Morgan fingerprint density at radius 2 is 1.94 bits per heavy atom. The van der Waals surface area contributed by atoms with Gasteiger partial charge < -0.3 is 14.8 Å². The summed E-state index contributed by atoms with van der Waals surface area (Å²) in [6, 6.07) is 10.4. The molecule has 0 amide bonds. The van der Waals surface area contributed by atoms with Gasteiger partial charge in [0.15, 0.2) is 5.78 Å². The van der Waals surface area contributed by atoms with Crippen LogP contribution in [0.5, 0.6) is 0 Å². The van der Waals surface area contributed by atoms with Crippen molar-refractivity contribution < 1.29 is 19.8 Å². The van der Waals surface area contributed by atoms with E-state index in [2.05, 4.69) is 29.0 Å². The molecule has 2 aromatic heterocycles. The summed E-state index contributed by atoms with van der Waals surface area (Å²) in [5.41, 5.74) is 2.47. The molecule has 1 aliphatic rings. The van der Waals surface area contributed by atoms with Gasteiger partial charge in [-0.05, 0) is 66.7 Å². The van der Waals surface area contributed by atoms with Crippen LogP contribution < -0.4 is 0 Å². The second-order valence-corrected chi connectivity index (χ2v) is 11.9. The predicted molar refractivity (Wildman–Crippen MR) is 144 cm³/mol. The molecule has 6 nitrogen and oxygen atoms in total. The largest absolute Gasteiger partial charge is 0.481 e. The van der Waals surface area contributed by atoms with Gasteiger partial charge >= 0.3 is 5.97 Å². The predicted octanol–water partition coefficient (Wildman–Crippen LogP) is 6.51. The fourth-order valence-electron chi connectivity index (χ4n) is 5.75. The molecule has 0 saturated heterocycles. The number of aromatic nitrogens is 2. The molecule has 0 bridgehead atoms. The van der Waals surface area contributed by atoms with Crippen LogP contribution in [0.3, 0.4) is 0 Å². The molecule has 3 aromatic rings. The topological polar surface area (TPSA) is 92.4 Å². The number of aliphatic hydroxyl groups excluding tert-OH is 1. The van der Waals surface area contributed by atoms with Crippen molar-refractivity contribution in [2.24, 2.45) is 17.8 Å². The molecule has 36 heavy (non-hydrogen) atoms. The van der Waals surface area contributed by atoms with Crippen LogP contribution in [0, 0.1) is 17.8 Å². The highest BCUT2D eigenvalue weighted by atomic mass is 32.1. The van der Waals surface area contributed by atoms with E-state index >= 15 is 0 Å². The number of carbonyl (C=O) groups excluding carboxylic acids is 1. The molecule has 1 saturated carbocycles. The number of thiophene rings is 1. The first-order chi connectivity index (χ1) is 17.2. The molecule has 1 aromatic carbocycles. The molecule has 0 unspecified atom stereocenters. The molecule has 7 heteroatoms. The molecule has 194 valence electrons. The quantitative estimate of drug-likeness (QED) is 0.287. The highest BCUT2D eigenvalue weighted by Gasteiger charge is 2.29. The summed E-state index contributed by atoms with van der Waals surface area (Å²) in [6.07, 6.45) is 4.97. The highest BCUT2D eigenvalue weighted by molar-refractivity contribution is 7.09. The summed E-state index contributed by atoms with van der Waals surface area (Å²) >= 11 is 1.74. The number of rotatable bonds is 11. The zero-order chi connectivity index (χ0) is 25.8. The maximum atomic E-state index is 13.3. The van der Waals surface area contributed by atoms with Crippen molar-refractivity contribution in [2.45, 2.75) is 84.3 Å². The van der Waals surface area contributed by atoms with Crippen LogP contribution in [-0.2, 0) is 11.2 Å².